The normalized spacial score (nSPS) is 12.7. The van der Waals surface area contributed by atoms with Crippen molar-refractivity contribution in [2.75, 3.05) is 0 Å². The molecule has 24 heavy (non-hydrogen) atoms. The van der Waals surface area contributed by atoms with Gasteiger partial charge in [-0.25, -0.2) is 4.79 Å². The minimum absolute atomic E-state index is 0.168. The Kier molecular flexibility index (Phi) is 5.74. The Morgan fingerprint density at radius 3 is 2.25 bits per heavy atom. The van der Waals surface area contributed by atoms with Crippen LogP contribution in [0.25, 0.3) is 12.2 Å². The van der Waals surface area contributed by atoms with Gasteiger partial charge in [0.25, 0.3) is 5.56 Å². The molecule has 0 amide bonds. The predicted molar refractivity (Wildman–Crippen MR) is 97.0 cm³/mol. The number of carboxylic acid groups (broad SMARTS) is 1. The molecule has 0 aliphatic carbocycles. The Morgan fingerprint density at radius 1 is 1.12 bits per heavy atom. The van der Waals surface area contributed by atoms with E-state index in [1.807, 2.05) is 24.3 Å². The molecular weight excluding hydrogens is 302 g/mol. The van der Waals surface area contributed by atoms with Gasteiger partial charge in [0.15, 0.2) is 0 Å². The van der Waals surface area contributed by atoms with Gasteiger partial charge in [-0.05, 0) is 35.1 Å². The molecule has 1 aromatic carbocycles. The number of pyridine rings is 1. The largest absolute Gasteiger partial charge is 0.480 e. The van der Waals surface area contributed by atoms with E-state index in [2.05, 4.69) is 19.1 Å². The first-order valence-electron chi connectivity index (χ1n) is 8.14. The van der Waals surface area contributed by atoms with E-state index in [4.69, 9.17) is 0 Å². The summed E-state index contributed by atoms with van der Waals surface area (Å²) < 4.78 is 1.28. The van der Waals surface area contributed by atoms with Gasteiger partial charge in [-0.2, -0.15) is 0 Å². The number of aliphatic carboxylic acids is 1. The van der Waals surface area contributed by atoms with E-state index in [-0.39, 0.29) is 11.5 Å². The lowest BCUT2D eigenvalue weighted by Gasteiger charge is -2.19. The van der Waals surface area contributed by atoms with Crippen molar-refractivity contribution in [3.05, 3.63) is 69.6 Å². The van der Waals surface area contributed by atoms with Crippen LogP contribution in [-0.2, 0) is 11.2 Å². The molecule has 2 rings (SSSR count). The van der Waals surface area contributed by atoms with Gasteiger partial charge < -0.3 is 9.67 Å². The zero-order chi connectivity index (χ0) is 17.7. The highest BCUT2D eigenvalue weighted by molar-refractivity contribution is 5.72. The average molecular weight is 325 g/mol. The van der Waals surface area contributed by atoms with Crippen molar-refractivity contribution in [2.45, 2.75) is 33.2 Å². The standard InChI is InChI=1S/C20H23NO3/c1-4-15-5-7-16(8-6-15)9-10-17-11-12-21(18(22)13-17)19(14(2)3)20(23)24/h5-14,19H,4H2,1-3H3,(H,23,24)/b10-9+. The van der Waals surface area contributed by atoms with Gasteiger partial charge >= 0.3 is 5.97 Å². The third kappa shape index (κ3) is 4.22. The highest BCUT2D eigenvalue weighted by Crippen LogP contribution is 2.16. The van der Waals surface area contributed by atoms with Crippen LogP contribution in [0.2, 0.25) is 0 Å². The minimum atomic E-state index is -0.994. The lowest BCUT2D eigenvalue weighted by atomic mass is 10.0. The van der Waals surface area contributed by atoms with Crippen molar-refractivity contribution in [3.8, 4) is 0 Å². The van der Waals surface area contributed by atoms with Crippen LogP contribution >= 0.6 is 0 Å². The fraction of sp³-hybridized carbons (Fsp3) is 0.300. The van der Waals surface area contributed by atoms with Gasteiger partial charge in [0.05, 0.1) is 0 Å². The molecule has 0 saturated heterocycles. The van der Waals surface area contributed by atoms with Gasteiger partial charge in [-0.3, -0.25) is 4.79 Å². The quantitative estimate of drug-likeness (QED) is 0.877. The smallest absolute Gasteiger partial charge is 0.327 e. The molecule has 0 radical (unpaired) electrons. The first-order valence-corrected chi connectivity index (χ1v) is 8.14. The summed E-state index contributed by atoms with van der Waals surface area (Å²) in [5.41, 5.74) is 2.79. The third-order valence-corrected chi connectivity index (χ3v) is 4.01. The number of aromatic nitrogens is 1. The number of aryl methyl sites for hydroxylation is 1. The van der Waals surface area contributed by atoms with Gasteiger partial charge in [0, 0.05) is 12.3 Å². The summed E-state index contributed by atoms with van der Waals surface area (Å²) in [6.45, 7) is 5.69. The second-order valence-corrected chi connectivity index (χ2v) is 6.16. The van der Waals surface area contributed by atoms with E-state index in [1.165, 1.54) is 16.2 Å². The molecule has 0 aliphatic heterocycles. The van der Waals surface area contributed by atoms with Gasteiger partial charge in [-0.1, -0.05) is 57.2 Å². The first kappa shape index (κ1) is 17.7. The molecule has 0 fully saturated rings. The first-order chi connectivity index (χ1) is 11.4. The lowest BCUT2D eigenvalue weighted by Crippen LogP contribution is -2.32. The van der Waals surface area contributed by atoms with Crippen LogP contribution in [0.15, 0.2) is 47.4 Å². The van der Waals surface area contributed by atoms with Crippen molar-refractivity contribution >= 4 is 18.1 Å². The molecule has 1 unspecified atom stereocenters. The second-order valence-electron chi connectivity index (χ2n) is 6.16. The molecule has 1 aromatic heterocycles. The Labute approximate surface area is 142 Å². The van der Waals surface area contributed by atoms with E-state index in [0.29, 0.717) is 0 Å². The molecule has 1 atom stereocenters. The SMILES string of the molecule is CCc1ccc(/C=C/c2ccn(C(C(=O)O)C(C)C)c(=O)c2)cc1. The van der Waals surface area contributed by atoms with Crippen LogP contribution in [0, 0.1) is 5.92 Å². The number of carboxylic acids is 1. The Morgan fingerprint density at radius 2 is 1.75 bits per heavy atom. The van der Waals surface area contributed by atoms with Crippen molar-refractivity contribution < 1.29 is 9.90 Å². The highest BCUT2D eigenvalue weighted by atomic mass is 16.4. The Balaban J connectivity index is 2.24. The maximum Gasteiger partial charge on any atom is 0.327 e. The molecule has 0 spiro atoms. The molecular formula is C20H23NO3. The summed E-state index contributed by atoms with van der Waals surface area (Å²) in [5.74, 6) is -1.16. The Bertz CT molecular complexity index is 785. The fourth-order valence-corrected chi connectivity index (χ4v) is 2.62. The van der Waals surface area contributed by atoms with Crippen LogP contribution in [0.5, 0.6) is 0 Å². The number of nitrogens with zero attached hydrogens (tertiary/aromatic N) is 1. The van der Waals surface area contributed by atoms with E-state index in [9.17, 15) is 14.7 Å². The van der Waals surface area contributed by atoms with E-state index in [0.717, 1.165) is 17.5 Å². The molecule has 0 bridgehead atoms. The summed E-state index contributed by atoms with van der Waals surface area (Å²) in [6.07, 6.45) is 6.36. The number of hydrogen-bond acceptors (Lipinski definition) is 2. The van der Waals surface area contributed by atoms with Crippen LogP contribution in [0.3, 0.4) is 0 Å². The summed E-state index contributed by atoms with van der Waals surface area (Å²) in [5, 5.41) is 9.31. The van der Waals surface area contributed by atoms with E-state index >= 15 is 0 Å². The summed E-state index contributed by atoms with van der Waals surface area (Å²) in [7, 11) is 0. The average Bonchev–Trinajstić information content (AvgIpc) is 2.55. The van der Waals surface area contributed by atoms with E-state index in [1.54, 1.807) is 26.1 Å². The monoisotopic (exact) mass is 325 g/mol. The zero-order valence-corrected chi connectivity index (χ0v) is 14.3. The van der Waals surface area contributed by atoms with Crippen molar-refractivity contribution in [1.82, 2.24) is 4.57 Å². The summed E-state index contributed by atoms with van der Waals surface area (Å²) >= 11 is 0. The number of rotatable bonds is 6. The third-order valence-electron chi connectivity index (χ3n) is 4.01. The van der Waals surface area contributed by atoms with Crippen molar-refractivity contribution in [1.29, 1.82) is 0 Å². The second kappa shape index (κ2) is 7.77. The van der Waals surface area contributed by atoms with Gasteiger partial charge in [-0.15, -0.1) is 0 Å². The maximum atomic E-state index is 12.3. The van der Waals surface area contributed by atoms with Crippen LogP contribution in [0.1, 0.15) is 43.5 Å². The van der Waals surface area contributed by atoms with Crippen LogP contribution in [-0.4, -0.2) is 15.6 Å². The fourth-order valence-electron chi connectivity index (χ4n) is 2.62. The van der Waals surface area contributed by atoms with E-state index < -0.39 is 12.0 Å². The predicted octanol–water partition coefficient (Wildman–Crippen LogP) is 3.86. The number of carbonyl (C=O) groups is 1. The molecule has 2 aromatic rings. The van der Waals surface area contributed by atoms with Crippen molar-refractivity contribution in [3.63, 3.8) is 0 Å². The zero-order valence-electron chi connectivity index (χ0n) is 14.3. The highest BCUT2D eigenvalue weighted by Gasteiger charge is 2.23. The number of hydrogen-bond donors (Lipinski definition) is 1. The molecule has 0 saturated carbocycles. The van der Waals surface area contributed by atoms with Crippen LogP contribution < -0.4 is 5.56 Å². The summed E-state index contributed by atoms with van der Waals surface area (Å²) in [4.78, 5) is 23.6. The molecule has 126 valence electrons. The van der Waals surface area contributed by atoms with Gasteiger partial charge in [0.1, 0.15) is 6.04 Å². The van der Waals surface area contributed by atoms with Crippen molar-refractivity contribution in [2.24, 2.45) is 5.92 Å². The molecule has 4 nitrogen and oxygen atoms in total. The number of benzene rings is 1. The molecule has 1 heterocycles. The minimum Gasteiger partial charge on any atom is -0.480 e. The lowest BCUT2D eigenvalue weighted by molar-refractivity contribution is -0.142. The van der Waals surface area contributed by atoms with Gasteiger partial charge in [0.2, 0.25) is 0 Å². The summed E-state index contributed by atoms with van der Waals surface area (Å²) in [6, 6.07) is 10.6. The molecule has 4 heteroatoms. The molecule has 0 aliphatic rings. The maximum absolute atomic E-state index is 12.3. The van der Waals surface area contributed by atoms with Crippen LogP contribution in [0.4, 0.5) is 0 Å². The Hall–Kier alpha value is -2.62. The molecule has 1 N–H and O–H groups in total. The topological polar surface area (TPSA) is 59.3 Å².